The van der Waals surface area contributed by atoms with Gasteiger partial charge in [-0.1, -0.05) is 12.0 Å². The molecule has 0 unspecified atom stereocenters. The first kappa shape index (κ1) is 9.02. The highest BCUT2D eigenvalue weighted by molar-refractivity contribution is 7.99. The minimum atomic E-state index is 0.699. The van der Waals surface area contributed by atoms with Crippen LogP contribution in [0.3, 0.4) is 0 Å². The van der Waals surface area contributed by atoms with E-state index in [0.29, 0.717) is 5.75 Å². The number of nitrogen functional groups attached to an aromatic ring is 1. The Balaban J connectivity index is 2.84. The van der Waals surface area contributed by atoms with Gasteiger partial charge < -0.3 is 5.73 Å². The molecule has 0 bridgehead atoms. The first-order valence-corrected chi connectivity index (χ1v) is 4.65. The van der Waals surface area contributed by atoms with Crippen LogP contribution in [0.25, 0.3) is 0 Å². The summed E-state index contributed by atoms with van der Waals surface area (Å²) in [6.07, 6.45) is 5.16. The Kier molecular flexibility index (Phi) is 3.07. The number of terminal acetylenes is 1. The summed E-state index contributed by atoms with van der Waals surface area (Å²) in [7, 11) is 0. The number of rotatable bonds is 2. The van der Waals surface area contributed by atoms with Gasteiger partial charge in [0, 0.05) is 10.6 Å². The van der Waals surface area contributed by atoms with Gasteiger partial charge in [-0.05, 0) is 24.6 Å². The van der Waals surface area contributed by atoms with Crippen molar-refractivity contribution in [1.82, 2.24) is 0 Å². The molecule has 0 saturated carbocycles. The number of hydrogen-bond donors (Lipinski definition) is 1. The van der Waals surface area contributed by atoms with Gasteiger partial charge in [-0.3, -0.25) is 0 Å². The second-order valence-corrected chi connectivity index (χ2v) is 3.53. The molecule has 62 valence electrons. The zero-order chi connectivity index (χ0) is 8.97. The van der Waals surface area contributed by atoms with Gasteiger partial charge in [0.1, 0.15) is 0 Å². The first-order valence-electron chi connectivity index (χ1n) is 3.66. The zero-order valence-electron chi connectivity index (χ0n) is 7.00. The van der Waals surface area contributed by atoms with Crippen LogP contribution in [0.2, 0.25) is 0 Å². The van der Waals surface area contributed by atoms with Gasteiger partial charge in [-0.2, -0.15) is 0 Å². The molecule has 2 heteroatoms. The van der Waals surface area contributed by atoms with Crippen molar-refractivity contribution in [2.75, 3.05) is 11.5 Å². The largest absolute Gasteiger partial charge is 0.399 e. The summed E-state index contributed by atoms with van der Waals surface area (Å²) in [6.45, 7) is 2.05. The number of thioether (sulfide) groups is 1. The molecule has 0 aliphatic heterocycles. The Morgan fingerprint density at radius 1 is 1.58 bits per heavy atom. The third-order valence-corrected chi connectivity index (χ3v) is 2.59. The topological polar surface area (TPSA) is 26.0 Å². The number of aryl methyl sites for hydroxylation is 1. The van der Waals surface area contributed by atoms with E-state index in [1.165, 1.54) is 10.5 Å². The maximum atomic E-state index is 5.63. The van der Waals surface area contributed by atoms with Crippen LogP contribution in [0.1, 0.15) is 5.56 Å². The molecule has 0 aliphatic rings. The molecule has 0 amide bonds. The molecule has 0 atom stereocenters. The second-order valence-electron chi connectivity index (χ2n) is 2.52. The van der Waals surface area contributed by atoms with Crippen molar-refractivity contribution in [3.05, 3.63) is 23.8 Å². The third-order valence-electron chi connectivity index (χ3n) is 1.52. The Labute approximate surface area is 77.4 Å². The fourth-order valence-electron chi connectivity index (χ4n) is 0.892. The molecular weight excluding hydrogens is 166 g/mol. The minimum absolute atomic E-state index is 0.699. The van der Waals surface area contributed by atoms with E-state index < -0.39 is 0 Å². The van der Waals surface area contributed by atoms with Gasteiger partial charge in [-0.25, -0.2) is 0 Å². The SMILES string of the molecule is C#CCSc1cc(N)ccc1C. The van der Waals surface area contributed by atoms with E-state index >= 15 is 0 Å². The van der Waals surface area contributed by atoms with Gasteiger partial charge in [-0.15, -0.1) is 18.2 Å². The number of anilines is 1. The van der Waals surface area contributed by atoms with E-state index in [4.69, 9.17) is 12.2 Å². The Hall–Kier alpha value is -1.07. The molecule has 1 nitrogen and oxygen atoms in total. The predicted molar refractivity (Wildman–Crippen MR) is 55.1 cm³/mol. The molecule has 0 aromatic heterocycles. The van der Waals surface area contributed by atoms with Gasteiger partial charge in [0.25, 0.3) is 0 Å². The maximum Gasteiger partial charge on any atom is 0.0592 e. The molecule has 0 aliphatic carbocycles. The van der Waals surface area contributed by atoms with Crippen LogP contribution >= 0.6 is 11.8 Å². The Morgan fingerprint density at radius 2 is 2.33 bits per heavy atom. The normalized spacial score (nSPS) is 9.33. The highest BCUT2D eigenvalue weighted by Crippen LogP contribution is 2.23. The maximum absolute atomic E-state index is 5.63. The monoisotopic (exact) mass is 177 g/mol. The number of hydrogen-bond acceptors (Lipinski definition) is 2. The fraction of sp³-hybridized carbons (Fsp3) is 0.200. The van der Waals surface area contributed by atoms with Crippen molar-refractivity contribution < 1.29 is 0 Å². The van der Waals surface area contributed by atoms with Crippen LogP contribution in [0.15, 0.2) is 23.1 Å². The molecule has 1 rings (SSSR count). The minimum Gasteiger partial charge on any atom is -0.399 e. The molecule has 1 aromatic rings. The quantitative estimate of drug-likeness (QED) is 0.426. The van der Waals surface area contributed by atoms with Crippen LogP contribution < -0.4 is 5.73 Å². The van der Waals surface area contributed by atoms with Gasteiger partial charge >= 0.3 is 0 Å². The van der Waals surface area contributed by atoms with E-state index in [0.717, 1.165) is 5.69 Å². The summed E-state index contributed by atoms with van der Waals surface area (Å²) in [6, 6.07) is 5.86. The molecule has 0 fully saturated rings. The van der Waals surface area contributed by atoms with Crippen LogP contribution in [-0.4, -0.2) is 5.75 Å². The van der Waals surface area contributed by atoms with Crippen LogP contribution in [-0.2, 0) is 0 Å². The fourth-order valence-corrected chi connectivity index (χ4v) is 1.65. The average Bonchev–Trinajstić information content (AvgIpc) is 2.07. The highest BCUT2D eigenvalue weighted by Gasteiger charge is 1.97. The predicted octanol–water partition coefficient (Wildman–Crippen LogP) is 2.30. The summed E-state index contributed by atoms with van der Waals surface area (Å²) < 4.78 is 0. The van der Waals surface area contributed by atoms with Crippen molar-refractivity contribution in [2.45, 2.75) is 11.8 Å². The number of benzene rings is 1. The van der Waals surface area contributed by atoms with Gasteiger partial charge in [0.15, 0.2) is 0 Å². The third kappa shape index (κ3) is 2.21. The van der Waals surface area contributed by atoms with Crippen LogP contribution in [0.5, 0.6) is 0 Å². The smallest absolute Gasteiger partial charge is 0.0592 e. The second kappa shape index (κ2) is 4.08. The summed E-state index contributed by atoms with van der Waals surface area (Å²) in [4.78, 5) is 1.17. The lowest BCUT2D eigenvalue weighted by Gasteiger charge is -2.03. The van der Waals surface area contributed by atoms with Gasteiger partial charge in [0.2, 0.25) is 0 Å². The van der Waals surface area contributed by atoms with Crippen molar-refractivity contribution in [3.8, 4) is 12.3 Å². The van der Waals surface area contributed by atoms with Crippen molar-refractivity contribution in [1.29, 1.82) is 0 Å². The molecule has 1 aromatic carbocycles. The molecule has 2 N–H and O–H groups in total. The lowest BCUT2D eigenvalue weighted by molar-refractivity contribution is 1.31. The average molecular weight is 177 g/mol. The van der Waals surface area contributed by atoms with E-state index in [-0.39, 0.29) is 0 Å². The lowest BCUT2D eigenvalue weighted by Crippen LogP contribution is -1.87. The molecular formula is C10H11NS. The van der Waals surface area contributed by atoms with Crippen molar-refractivity contribution >= 4 is 17.4 Å². The first-order chi connectivity index (χ1) is 5.74. The van der Waals surface area contributed by atoms with Gasteiger partial charge in [0.05, 0.1) is 5.75 Å². The Bertz CT molecular complexity index is 312. The molecule has 0 radical (unpaired) electrons. The van der Waals surface area contributed by atoms with E-state index in [1.54, 1.807) is 11.8 Å². The summed E-state index contributed by atoms with van der Waals surface area (Å²) in [5.41, 5.74) is 7.65. The summed E-state index contributed by atoms with van der Waals surface area (Å²) in [5, 5.41) is 0. The highest BCUT2D eigenvalue weighted by atomic mass is 32.2. The summed E-state index contributed by atoms with van der Waals surface area (Å²) >= 11 is 1.65. The van der Waals surface area contributed by atoms with Crippen LogP contribution in [0, 0.1) is 19.3 Å². The summed E-state index contributed by atoms with van der Waals surface area (Å²) in [5.74, 6) is 3.28. The standard InChI is InChI=1S/C10H11NS/c1-3-6-12-10-7-9(11)5-4-8(10)2/h1,4-5,7H,6,11H2,2H3. The molecule has 0 heterocycles. The van der Waals surface area contributed by atoms with E-state index in [2.05, 4.69) is 12.8 Å². The van der Waals surface area contributed by atoms with E-state index in [9.17, 15) is 0 Å². The zero-order valence-corrected chi connectivity index (χ0v) is 7.82. The van der Waals surface area contributed by atoms with Crippen molar-refractivity contribution in [2.24, 2.45) is 0 Å². The molecule has 12 heavy (non-hydrogen) atoms. The van der Waals surface area contributed by atoms with E-state index in [1.807, 2.05) is 18.2 Å². The number of nitrogens with two attached hydrogens (primary N) is 1. The lowest BCUT2D eigenvalue weighted by atomic mass is 10.2. The van der Waals surface area contributed by atoms with Crippen LogP contribution in [0.4, 0.5) is 5.69 Å². The van der Waals surface area contributed by atoms with Crippen molar-refractivity contribution in [3.63, 3.8) is 0 Å². The Morgan fingerprint density at radius 3 is 3.00 bits per heavy atom. The molecule has 0 saturated heterocycles. The molecule has 0 spiro atoms.